The number of benzene rings is 2. The maximum atomic E-state index is 12.0. The SMILES string of the molecule is O=C(O)C1CCC(=O)N(Cc2cccc3ccccc23)C1. The number of carboxylic acid groups (broad SMARTS) is 1. The van der Waals surface area contributed by atoms with Crippen LogP contribution in [0.1, 0.15) is 18.4 Å². The Balaban J connectivity index is 1.87. The molecule has 1 atom stereocenters. The third-order valence-corrected chi connectivity index (χ3v) is 4.09. The Bertz CT molecular complexity index is 690. The fourth-order valence-electron chi connectivity index (χ4n) is 2.91. The fraction of sp³-hybridized carbons (Fsp3) is 0.294. The summed E-state index contributed by atoms with van der Waals surface area (Å²) < 4.78 is 0. The molecule has 0 saturated carbocycles. The minimum absolute atomic E-state index is 0.0421. The highest BCUT2D eigenvalue weighted by atomic mass is 16.4. The van der Waals surface area contributed by atoms with Crippen molar-refractivity contribution in [2.45, 2.75) is 19.4 Å². The summed E-state index contributed by atoms with van der Waals surface area (Å²) in [6, 6.07) is 14.0. The van der Waals surface area contributed by atoms with Crippen molar-refractivity contribution < 1.29 is 14.7 Å². The van der Waals surface area contributed by atoms with E-state index < -0.39 is 11.9 Å². The smallest absolute Gasteiger partial charge is 0.308 e. The molecule has 1 aliphatic heterocycles. The van der Waals surface area contributed by atoms with Gasteiger partial charge in [0, 0.05) is 19.5 Å². The number of carbonyl (C=O) groups is 2. The molecule has 21 heavy (non-hydrogen) atoms. The molecule has 108 valence electrons. The van der Waals surface area contributed by atoms with Crippen LogP contribution in [-0.2, 0) is 16.1 Å². The summed E-state index contributed by atoms with van der Waals surface area (Å²) in [5.41, 5.74) is 1.06. The van der Waals surface area contributed by atoms with Crippen molar-refractivity contribution in [3.63, 3.8) is 0 Å². The van der Waals surface area contributed by atoms with Crippen molar-refractivity contribution in [1.29, 1.82) is 0 Å². The van der Waals surface area contributed by atoms with Gasteiger partial charge in [0.25, 0.3) is 0 Å². The van der Waals surface area contributed by atoms with E-state index in [9.17, 15) is 9.59 Å². The van der Waals surface area contributed by atoms with Gasteiger partial charge in [-0.25, -0.2) is 0 Å². The largest absolute Gasteiger partial charge is 0.481 e. The summed E-state index contributed by atoms with van der Waals surface area (Å²) in [7, 11) is 0. The Labute approximate surface area is 123 Å². The maximum Gasteiger partial charge on any atom is 0.308 e. The fourth-order valence-corrected chi connectivity index (χ4v) is 2.91. The van der Waals surface area contributed by atoms with Gasteiger partial charge < -0.3 is 10.0 Å². The molecule has 1 N–H and O–H groups in total. The zero-order chi connectivity index (χ0) is 14.8. The Morgan fingerprint density at radius 2 is 1.95 bits per heavy atom. The molecule has 4 nitrogen and oxygen atoms in total. The molecule has 1 heterocycles. The van der Waals surface area contributed by atoms with Crippen LogP contribution < -0.4 is 0 Å². The average Bonchev–Trinajstić information content (AvgIpc) is 2.49. The topological polar surface area (TPSA) is 57.6 Å². The Kier molecular flexibility index (Phi) is 3.60. The van der Waals surface area contributed by atoms with Crippen molar-refractivity contribution >= 4 is 22.6 Å². The van der Waals surface area contributed by atoms with Gasteiger partial charge in [-0.05, 0) is 22.8 Å². The van der Waals surface area contributed by atoms with Crippen LogP contribution in [0, 0.1) is 5.92 Å². The second-order valence-electron chi connectivity index (χ2n) is 5.49. The highest BCUT2D eigenvalue weighted by molar-refractivity contribution is 5.86. The number of hydrogen-bond donors (Lipinski definition) is 1. The Hall–Kier alpha value is -2.36. The number of carbonyl (C=O) groups excluding carboxylic acids is 1. The quantitative estimate of drug-likeness (QED) is 0.942. The minimum atomic E-state index is -0.814. The Morgan fingerprint density at radius 3 is 2.76 bits per heavy atom. The van der Waals surface area contributed by atoms with Gasteiger partial charge in [-0.2, -0.15) is 0 Å². The normalized spacial score (nSPS) is 19.0. The predicted octanol–water partition coefficient (Wildman–Crippen LogP) is 2.66. The van der Waals surface area contributed by atoms with Crippen molar-refractivity contribution in [2.24, 2.45) is 5.92 Å². The maximum absolute atomic E-state index is 12.0. The predicted molar refractivity (Wildman–Crippen MR) is 79.7 cm³/mol. The standard InChI is InChI=1S/C17H17NO3/c19-16-9-8-14(17(20)21)11-18(16)10-13-6-3-5-12-4-1-2-7-15(12)13/h1-7,14H,8-11H2,(H,20,21). The zero-order valence-corrected chi connectivity index (χ0v) is 11.7. The van der Waals surface area contributed by atoms with E-state index in [0.29, 0.717) is 25.9 Å². The molecule has 3 rings (SSSR count). The molecule has 0 bridgehead atoms. The van der Waals surface area contributed by atoms with Crippen LogP contribution in [0.4, 0.5) is 0 Å². The Morgan fingerprint density at radius 1 is 1.19 bits per heavy atom. The monoisotopic (exact) mass is 283 g/mol. The first-order chi connectivity index (χ1) is 10.1. The first-order valence-corrected chi connectivity index (χ1v) is 7.12. The summed E-state index contributed by atoms with van der Waals surface area (Å²) in [6.07, 6.45) is 0.766. The summed E-state index contributed by atoms with van der Waals surface area (Å²) >= 11 is 0. The molecular weight excluding hydrogens is 266 g/mol. The second-order valence-corrected chi connectivity index (χ2v) is 5.49. The van der Waals surface area contributed by atoms with Crippen LogP contribution in [0.3, 0.4) is 0 Å². The number of hydrogen-bond acceptors (Lipinski definition) is 2. The number of amides is 1. The molecular formula is C17H17NO3. The number of piperidine rings is 1. The lowest BCUT2D eigenvalue weighted by molar-refractivity contribution is -0.147. The lowest BCUT2D eigenvalue weighted by Gasteiger charge is -2.31. The van der Waals surface area contributed by atoms with E-state index in [0.717, 1.165) is 16.3 Å². The number of rotatable bonds is 3. The van der Waals surface area contributed by atoms with E-state index in [1.165, 1.54) is 0 Å². The molecule has 1 amide bonds. The van der Waals surface area contributed by atoms with Gasteiger partial charge in [0.1, 0.15) is 0 Å². The van der Waals surface area contributed by atoms with Crippen LogP contribution in [0.2, 0.25) is 0 Å². The van der Waals surface area contributed by atoms with Gasteiger partial charge >= 0.3 is 5.97 Å². The lowest BCUT2D eigenvalue weighted by atomic mass is 9.96. The van der Waals surface area contributed by atoms with Crippen LogP contribution >= 0.6 is 0 Å². The molecule has 1 unspecified atom stereocenters. The van der Waals surface area contributed by atoms with Crippen LogP contribution in [0.25, 0.3) is 10.8 Å². The van der Waals surface area contributed by atoms with Gasteiger partial charge in [0.15, 0.2) is 0 Å². The number of carboxylic acids is 1. The highest BCUT2D eigenvalue weighted by Gasteiger charge is 2.30. The third kappa shape index (κ3) is 2.75. The summed E-state index contributed by atoms with van der Waals surface area (Å²) in [6.45, 7) is 0.779. The number of likely N-dealkylation sites (tertiary alicyclic amines) is 1. The second kappa shape index (κ2) is 5.56. The van der Waals surface area contributed by atoms with E-state index in [1.54, 1.807) is 4.90 Å². The van der Waals surface area contributed by atoms with E-state index in [4.69, 9.17) is 5.11 Å². The van der Waals surface area contributed by atoms with Crippen LogP contribution in [0.15, 0.2) is 42.5 Å². The van der Waals surface area contributed by atoms with Crippen molar-refractivity contribution in [2.75, 3.05) is 6.54 Å². The summed E-state index contributed by atoms with van der Waals surface area (Å²) in [5.74, 6) is -1.22. The molecule has 2 aromatic carbocycles. The molecule has 0 radical (unpaired) electrons. The minimum Gasteiger partial charge on any atom is -0.481 e. The number of fused-ring (bicyclic) bond motifs is 1. The molecule has 1 fully saturated rings. The van der Waals surface area contributed by atoms with Crippen LogP contribution in [-0.4, -0.2) is 28.4 Å². The van der Waals surface area contributed by atoms with Crippen molar-refractivity contribution in [3.05, 3.63) is 48.0 Å². The first-order valence-electron chi connectivity index (χ1n) is 7.12. The van der Waals surface area contributed by atoms with E-state index >= 15 is 0 Å². The van der Waals surface area contributed by atoms with Gasteiger partial charge in [0.05, 0.1) is 5.92 Å². The number of aliphatic carboxylic acids is 1. The molecule has 4 heteroatoms. The molecule has 0 aromatic heterocycles. The van der Waals surface area contributed by atoms with Gasteiger partial charge in [0.2, 0.25) is 5.91 Å². The summed E-state index contributed by atoms with van der Waals surface area (Å²) in [4.78, 5) is 24.8. The third-order valence-electron chi connectivity index (χ3n) is 4.09. The molecule has 1 saturated heterocycles. The lowest BCUT2D eigenvalue weighted by Crippen LogP contribution is -2.42. The molecule has 2 aromatic rings. The van der Waals surface area contributed by atoms with E-state index in [2.05, 4.69) is 0 Å². The van der Waals surface area contributed by atoms with E-state index in [-0.39, 0.29) is 5.91 Å². The summed E-state index contributed by atoms with van der Waals surface area (Å²) in [5, 5.41) is 11.4. The van der Waals surface area contributed by atoms with Crippen molar-refractivity contribution in [3.8, 4) is 0 Å². The first kappa shape index (κ1) is 13.6. The van der Waals surface area contributed by atoms with Gasteiger partial charge in [-0.1, -0.05) is 42.5 Å². The van der Waals surface area contributed by atoms with Crippen molar-refractivity contribution in [1.82, 2.24) is 4.90 Å². The average molecular weight is 283 g/mol. The highest BCUT2D eigenvalue weighted by Crippen LogP contribution is 2.24. The van der Waals surface area contributed by atoms with Gasteiger partial charge in [-0.3, -0.25) is 9.59 Å². The molecule has 1 aliphatic rings. The van der Waals surface area contributed by atoms with Crippen LogP contribution in [0.5, 0.6) is 0 Å². The molecule has 0 spiro atoms. The van der Waals surface area contributed by atoms with Gasteiger partial charge in [-0.15, -0.1) is 0 Å². The van der Waals surface area contributed by atoms with E-state index in [1.807, 2.05) is 42.5 Å². The zero-order valence-electron chi connectivity index (χ0n) is 11.7. The molecule has 0 aliphatic carbocycles. The number of nitrogens with zero attached hydrogens (tertiary/aromatic N) is 1.